The quantitative estimate of drug-likeness (QED) is 0.702. The molecule has 0 aliphatic rings. The van der Waals surface area contributed by atoms with E-state index in [0.29, 0.717) is 25.7 Å². The molecule has 21 heavy (non-hydrogen) atoms. The Bertz CT molecular complexity index is 643. The summed E-state index contributed by atoms with van der Waals surface area (Å²) in [6, 6.07) is 12.3. The van der Waals surface area contributed by atoms with Crippen molar-refractivity contribution in [3.05, 3.63) is 57.5 Å². The summed E-state index contributed by atoms with van der Waals surface area (Å²) in [5, 5.41) is 4.11. The second-order valence-electron chi connectivity index (χ2n) is 4.31. The van der Waals surface area contributed by atoms with Gasteiger partial charge in [0.05, 0.1) is 15.3 Å². The Balaban J connectivity index is 2.06. The number of anilines is 1. The van der Waals surface area contributed by atoms with Gasteiger partial charge >= 0.3 is 0 Å². The third-order valence-electron chi connectivity index (χ3n) is 2.67. The zero-order chi connectivity index (χ0) is 15.4. The molecule has 0 saturated carbocycles. The van der Waals surface area contributed by atoms with Gasteiger partial charge in [-0.05, 0) is 37.3 Å². The van der Waals surface area contributed by atoms with Gasteiger partial charge in [0.2, 0.25) is 5.91 Å². The van der Waals surface area contributed by atoms with Crippen LogP contribution < -0.4 is 5.32 Å². The highest BCUT2D eigenvalue weighted by Gasteiger charge is 2.18. The van der Waals surface area contributed by atoms with E-state index in [-0.39, 0.29) is 11.2 Å². The molecule has 0 unspecified atom stereocenters. The smallest absolute Gasteiger partial charge is 0.237 e. The third kappa shape index (κ3) is 4.55. The highest BCUT2D eigenvalue weighted by Crippen LogP contribution is 2.36. The fraction of sp³-hybridized carbons (Fsp3) is 0.133. The number of carbonyl (C=O) groups excluding carboxylic acids is 1. The lowest BCUT2D eigenvalue weighted by molar-refractivity contribution is -0.115. The zero-order valence-electron chi connectivity index (χ0n) is 11.1. The van der Waals surface area contributed by atoms with Crippen LogP contribution in [0.25, 0.3) is 0 Å². The Morgan fingerprint density at radius 2 is 1.71 bits per heavy atom. The van der Waals surface area contributed by atoms with E-state index in [4.69, 9.17) is 34.8 Å². The molecular weight excluding hydrogens is 349 g/mol. The van der Waals surface area contributed by atoms with Crippen LogP contribution in [-0.2, 0) is 4.79 Å². The van der Waals surface area contributed by atoms with Gasteiger partial charge in [-0.25, -0.2) is 0 Å². The van der Waals surface area contributed by atoms with Gasteiger partial charge in [-0.15, -0.1) is 11.8 Å². The first-order valence-corrected chi connectivity index (χ1v) is 8.16. The molecule has 0 spiro atoms. The van der Waals surface area contributed by atoms with E-state index in [2.05, 4.69) is 5.32 Å². The first kappa shape index (κ1) is 16.5. The molecule has 1 amide bonds. The molecule has 1 N–H and O–H groups in total. The topological polar surface area (TPSA) is 29.1 Å². The SMILES string of the molecule is C[C@H](Sc1c(Cl)cccc1Cl)C(=O)Nc1cccc(Cl)c1. The number of thioether (sulfide) groups is 1. The van der Waals surface area contributed by atoms with Gasteiger partial charge in [-0.3, -0.25) is 4.79 Å². The molecule has 2 rings (SSSR count). The Morgan fingerprint density at radius 1 is 1.10 bits per heavy atom. The Morgan fingerprint density at radius 3 is 2.33 bits per heavy atom. The summed E-state index contributed by atoms with van der Waals surface area (Å²) in [6.07, 6.45) is 0. The molecule has 2 aromatic rings. The highest BCUT2D eigenvalue weighted by molar-refractivity contribution is 8.00. The van der Waals surface area contributed by atoms with Crippen molar-refractivity contribution in [1.29, 1.82) is 0 Å². The van der Waals surface area contributed by atoms with Crippen LogP contribution in [0.2, 0.25) is 15.1 Å². The molecule has 0 aliphatic heterocycles. The van der Waals surface area contributed by atoms with Crippen molar-refractivity contribution >= 4 is 58.2 Å². The lowest BCUT2D eigenvalue weighted by atomic mass is 10.3. The summed E-state index contributed by atoms with van der Waals surface area (Å²) in [7, 11) is 0. The second-order valence-corrected chi connectivity index (χ2v) is 6.91. The van der Waals surface area contributed by atoms with Crippen molar-refractivity contribution in [3.8, 4) is 0 Å². The van der Waals surface area contributed by atoms with Gasteiger partial charge < -0.3 is 5.32 Å². The molecule has 1 atom stereocenters. The maximum absolute atomic E-state index is 12.2. The van der Waals surface area contributed by atoms with E-state index < -0.39 is 0 Å². The molecule has 2 aromatic carbocycles. The van der Waals surface area contributed by atoms with Crippen molar-refractivity contribution in [2.75, 3.05) is 5.32 Å². The molecule has 2 nitrogen and oxygen atoms in total. The van der Waals surface area contributed by atoms with Gasteiger partial charge in [0, 0.05) is 15.6 Å². The number of halogens is 3. The fourth-order valence-electron chi connectivity index (χ4n) is 1.64. The standard InChI is InChI=1S/C15H12Cl3NOS/c1-9(21-14-12(17)6-3-7-13(14)18)15(20)19-11-5-2-4-10(16)8-11/h2-9H,1H3,(H,19,20)/t9-/m0/s1. The third-order valence-corrected chi connectivity index (χ3v) is 5.01. The minimum absolute atomic E-state index is 0.141. The van der Waals surface area contributed by atoms with Crippen molar-refractivity contribution in [3.63, 3.8) is 0 Å². The molecular formula is C15H12Cl3NOS. The van der Waals surface area contributed by atoms with Crippen LogP contribution in [0, 0.1) is 0 Å². The van der Waals surface area contributed by atoms with E-state index in [1.807, 2.05) is 0 Å². The van der Waals surface area contributed by atoms with Crippen molar-refractivity contribution < 1.29 is 4.79 Å². The van der Waals surface area contributed by atoms with Gasteiger partial charge in [0.25, 0.3) is 0 Å². The number of rotatable bonds is 4. The van der Waals surface area contributed by atoms with E-state index in [0.717, 1.165) is 0 Å². The molecule has 0 aromatic heterocycles. The normalized spacial score (nSPS) is 12.0. The Labute approximate surface area is 142 Å². The molecule has 0 heterocycles. The number of nitrogens with one attached hydrogen (secondary N) is 1. The fourth-order valence-corrected chi connectivity index (χ4v) is 3.37. The predicted octanol–water partition coefficient (Wildman–Crippen LogP) is 5.77. The molecule has 6 heteroatoms. The summed E-state index contributed by atoms with van der Waals surface area (Å²) < 4.78 is 0. The lowest BCUT2D eigenvalue weighted by Gasteiger charge is -2.14. The minimum Gasteiger partial charge on any atom is -0.325 e. The molecule has 110 valence electrons. The molecule has 0 saturated heterocycles. The Hall–Kier alpha value is -0.870. The van der Waals surface area contributed by atoms with Crippen molar-refractivity contribution in [2.45, 2.75) is 17.1 Å². The van der Waals surface area contributed by atoms with Crippen LogP contribution in [0.15, 0.2) is 47.4 Å². The number of amides is 1. The number of hydrogen-bond donors (Lipinski definition) is 1. The van der Waals surface area contributed by atoms with Gasteiger partial charge in [0.1, 0.15) is 0 Å². The van der Waals surface area contributed by atoms with Crippen LogP contribution in [-0.4, -0.2) is 11.2 Å². The molecule has 0 fully saturated rings. The van der Waals surface area contributed by atoms with Gasteiger partial charge in [-0.2, -0.15) is 0 Å². The van der Waals surface area contributed by atoms with Crippen LogP contribution in [0.5, 0.6) is 0 Å². The van der Waals surface area contributed by atoms with E-state index in [9.17, 15) is 4.79 Å². The first-order valence-electron chi connectivity index (χ1n) is 6.14. The van der Waals surface area contributed by atoms with Crippen LogP contribution in [0.3, 0.4) is 0 Å². The van der Waals surface area contributed by atoms with Crippen LogP contribution in [0.4, 0.5) is 5.69 Å². The maximum atomic E-state index is 12.2. The average Bonchev–Trinajstić information content (AvgIpc) is 2.43. The summed E-state index contributed by atoms with van der Waals surface area (Å²) in [5.74, 6) is -0.141. The van der Waals surface area contributed by atoms with Crippen LogP contribution >= 0.6 is 46.6 Å². The highest BCUT2D eigenvalue weighted by atomic mass is 35.5. The van der Waals surface area contributed by atoms with E-state index in [1.165, 1.54) is 11.8 Å². The molecule has 0 aliphatic carbocycles. The first-order chi connectivity index (χ1) is 9.97. The predicted molar refractivity (Wildman–Crippen MR) is 91.9 cm³/mol. The average molecular weight is 361 g/mol. The molecule has 0 radical (unpaired) electrons. The zero-order valence-corrected chi connectivity index (χ0v) is 14.2. The second kappa shape index (κ2) is 7.41. The van der Waals surface area contributed by atoms with E-state index >= 15 is 0 Å². The van der Waals surface area contributed by atoms with E-state index in [1.54, 1.807) is 49.4 Å². The summed E-state index contributed by atoms with van der Waals surface area (Å²) >= 11 is 19.4. The lowest BCUT2D eigenvalue weighted by Crippen LogP contribution is -2.22. The minimum atomic E-state index is -0.346. The summed E-state index contributed by atoms with van der Waals surface area (Å²) in [4.78, 5) is 12.9. The summed E-state index contributed by atoms with van der Waals surface area (Å²) in [5.41, 5.74) is 0.658. The van der Waals surface area contributed by atoms with Crippen molar-refractivity contribution in [1.82, 2.24) is 0 Å². The molecule has 0 bridgehead atoms. The Kier molecular flexibility index (Phi) is 5.82. The monoisotopic (exact) mass is 359 g/mol. The summed E-state index contributed by atoms with van der Waals surface area (Å²) in [6.45, 7) is 1.80. The largest absolute Gasteiger partial charge is 0.325 e. The van der Waals surface area contributed by atoms with Crippen LogP contribution in [0.1, 0.15) is 6.92 Å². The van der Waals surface area contributed by atoms with Gasteiger partial charge in [0.15, 0.2) is 0 Å². The van der Waals surface area contributed by atoms with Gasteiger partial charge in [-0.1, -0.05) is 46.9 Å². The van der Waals surface area contributed by atoms with Crippen molar-refractivity contribution in [2.24, 2.45) is 0 Å². The maximum Gasteiger partial charge on any atom is 0.237 e. The number of benzene rings is 2. The number of hydrogen-bond acceptors (Lipinski definition) is 2. The number of carbonyl (C=O) groups is 1.